The van der Waals surface area contributed by atoms with E-state index in [1.165, 1.54) is 0 Å². The van der Waals surface area contributed by atoms with Crippen molar-refractivity contribution >= 4 is 0 Å². The molecule has 3 heteroatoms. The standard InChI is InChI=1S/C45H31N3/c1-5-14-32(15-6-1)37-24-38(33-16-7-2-8-17-33)27-41(26-37)43-30-44(48-45(47-43)36-22-13-23-46-31-36)42-28-39(34-18-9-3-10-19-34)25-40(29-42)35-20-11-4-12-21-35/h1-31H. The Labute approximate surface area is 280 Å². The van der Waals surface area contributed by atoms with Crippen LogP contribution in [0.5, 0.6) is 0 Å². The van der Waals surface area contributed by atoms with E-state index in [9.17, 15) is 0 Å². The van der Waals surface area contributed by atoms with E-state index >= 15 is 0 Å². The van der Waals surface area contributed by atoms with Gasteiger partial charge in [0.25, 0.3) is 0 Å². The monoisotopic (exact) mass is 613 g/mol. The van der Waals surface area contributed by atoms with Crippen LogP contribution in [0.4, 0.5) is 0 Å². The molecule has 8 aromatic rings. The fourth-order valence-corrected chi connectivity index (χ4v) is 6.11. The molecule has 0 fully saturated rings. The Morgan fingerprint density at radius 2 is 0.604 bits per heavy atom. The minimum Gasteiger partial charge on any atom is -0.264 e. The zero-order valence-corrected chi connectivity index (χ0v) is 26.2. The van der Waals surface area contributed by atoms with Crippen LogP contribution >= 0.6 is 0 Å². The number of pyridine rings is 1. The highest BCUT2D eigenvalue weighted by Gasteiger charge is 2.15. The maximum Gasteiger partial charge on any atom is 0.161 e. The minimum atomic E-state index is 0.633. The summed E-state index contributed by atoms with van der Waals surface area (Å²) < 4.78 is 0. The Morgan fingerprint density at radius 1 is 0.271 bits per heavy atom. The van der Waals surface area contributed by atoms with Crippen LogP contribution in [0.2, 0.25) is 0 Å². The smallest absolute Gasteiger partial charge is 0.161 e. The minimum absolute atomic E-state index is 0.633. The van der Waals surface area contributed by atoms with Crippen LogP contribution in [0.25, 0.3) is 78.4 Å². The predicted octanol–water partition coefficient (Wildman–Crippen LogP) is 11.5. The third kappa shape index (κ3) is 6.18. The maximum atomic E-state index is 5.18. The average Bonchev–Trinajstić information content (AvgIpc) is 3.19. The number of nitrogens with zero attached hydrogens (tertiary/aromatic N) is 3. The third-order valence-corrected chi connectivity index (χ3v) is 8.53. The molecule has 6 aromatic carbocycles. The molecule has 2 heterocycles. The van der Waals surface area contributed by atoms with Crippen LogP contribution in [-0.4, -0.2) is 15.0 Å². The number of hydrogen-bond acceptors (Lipinski definition) is 3. The molecule has 0 amide bonds. The Morgan fingerprint density at radius 3 is 0.938 bits per heavy atom. The van der Waals surface area contributed by atoms with E-state index in [-0.39, 0.29) is 0 Å². The Hall–Kier alpha value is -6.45. The van der Waals surface area contributed by atoms with Crippen molar-refractivity contribution < 1.29 is 0 Å². The summed E-state index contributed by atoms with van der Waals surface area (Å²) in [4.78, 5) is 14.8. The number of rotatable bonds is 7. The Bertz CT molecular complexity index is 2040. The summed E-state index contributed by atoms with van der Waals surface area (Å²) in [7, 11) is 0. The second-order valence-corrected chi connectivity index (χ2v) is 11.8. The molecule has 0 aliphatic rings. The zero-order chi connectivity index (χ0) is 32.1. The fraction of sp³-hybridized carbons (Fsp3) is 0. The lowest BCUT2D eigenvalue weighted by Crippen LogP contribution is -1.97. The summed E-state index contributed by atoms with van der Waals surface area (Å²) in [6.45, 7) is 0. The van der Waals surface area contributed by atoms with Gasteiger partial charge in [0.1, 0.15) is 0 Å². The molecule has 0 N–H and O–H groups in total. The summed E-state index contributed by atoms with van der Waals surface area (Å²) in [6.07, 6.45) is 3.60. The summed E-state index contributed by atoms with van der Waals surface area (Å²) in [5.41, 5.74) is 13.7. The van der Waals surface area contributed by atoms with Gasteiger partial charge in [-0.2, -0.15) is 0 Å². The van der Waals surface area contributed by atoms with E-state index in [0.717, 1.165) is 72.6 Å². The first kappa shape index (κ1) is 29.0. The molecule has 0 atom stereocenters. The van der Waals surface area contributed by atoms with Gasteiger partial charge in [-0.3, -0.25) is 4.98 Å². The molecule has 0 aliphatic carbocycles. The van der Waals surface area contributed by atoms with Gasteiger partial charge >= 0.3 is 0 Å². The number of aromatic nitrogens is 3. The summed E-state index contributed by atoms with van der Waals surface area (Å²) in [5.74, 6) is 0.633. The van der Waals surface area contributed by atoms with E-state index in [0.29, 0.717) is 5.82 Å². The van der Waals surface area contributed by atoms with Gasteiger partial charge in [-0.25, -0.2) is 9.97 Å². The topological polar surface area (TPSA) is 38.7 Å². The largest absolute Gasteiger partial charge is 0.264 e. The lowest BCUT2D eigenvalue weighted by atomic mass is 9.93. The molecule has 0 aliphatic heterocycles. The van der Waals surface area contributed by atoms with E-state index in [1.54, 1.807) is 6.20 Å². The first-order valence-electron chi connectivity index (χ1n) is 16.1. The molecule has 0 spiro atoms. The van der Waals surface area contributed by atoms with Gasteiger partial charge in [0.15, 0.2) is 5.82 Å². The van der Waals surface area contributed by atoms with E-state index in [1.807, 2.05) is 18.3 Å². The van der Waals surface area contributed by atoms with Crippen molar-refractivity contribution in [3.8, 4) is 78.4 Å². The van der Waals surface area contributed by atoms with Crippen LogP contribution in [0.3, 0.4) is 0 Å². The van der Waals surface area contributed by atoms with Gasteiger partial charge in [-0.15, -0.1) is 0 Å². The van der Waals surface area contributed by atoms with E-state index < -0.39 is 0 Å². The molecule has 0 bridgehead atoms. The number of benzene rings is 6. The first-order chi connectivity index (χ1) is 23.8. The van der Waals surface area contributed by atoms with Crippen molar-refractivity contribution in [3.63, 3.8) is 0 Å². The van der Waals surface area contributed by atoms with Gasteiger partial charge in [0.05, 0.1) is 11.4 Å². The lowest BCUT2D eigenvalue weighted by Gasteiger charge is -2.14. The zero-order valence-electron chi connectivity index (χ0n) is 26.2. The second-order valence-electron chi connectivity index (χ2n) is 11.8. The van der Waals surface area contributed by atoms with E-state index in [2.05, 4.69) is 169 Å². The van der Waals surface area contributed by atoms with Crippen molar-refractivity contribution in [1.82, 2.24) is 15.0 Å². The highest BCUT2D eigenvalue weighted by molar-refractivity contribution is 5.84. The quantitative estimate of drug-likeness (QED) is 0.179. The molecule has 48 heavy (non-hydrogen) atoms. The highest BCUT2D eigenvalue weighted by Crippen LogP contribution is 2.37. The van der Waals surface area contributed by atoms with Crippen LogP contribution in [-0.2, 0) is 0 Å². The molecular weight excluding hydrogens is 583 g/mol. The molecule has 0 saturated carbocycles. The fourth-order valence-electron chi connectivity index (χ4n) is 6.11. The molecule has 3 nitrogen and oxygen atoms in total. The molecule has 0 saturated heterocycles. The molecule has 0 radical (unpaired) electrons. The van der Waals surface area contributed by atoms with Gasteiger partial charge in [0.2, 0.25) is 0 Å². The van der Waals surface area contributed by atoms with Gasteiger partial charge in [-0.1, -0.05) is 121 Å². The Balaban J connectivity index is 1.36. The van der Waals surface area contributed by atoms with Crippen molar-refractivity contribution in [2.45, 2.75) is 0 Å². The molecule has 0 unspecified atom stereocenters. The van der Waals surface area contributed by atoms with Crippen LogP contribution < -0.4 is 0 Å². The molecule has 226 valence electrons. The Kier molecular flexibility index (Phi) is 7.92. The number of hydrogen-bond donors (Lipinski definition) is 0. The summed E-state index contributed by atoms with van der Waals surface area (Å²) in [5, 5.41) is 0. The van der Waals surface area contributed by atoms with Crippen molar-refractivity contribution in [2.24, 2.45) is 0 Å². The maximum absolute atomic E-state index is 5.18. The van der Waals surface area contributed by atoms with Crippen molar-refractivity contribution in [3.05, 3.63) is 188 Å². The average molecular weight is 614 g/mol. The molecular formula is C45H31N3. The van der Waals surface area contributed by atoms with E-state index in [4.69, 9.17) is 9.97 Å². The predicted molar refractivity (Wildman–Crippen MR) is 198 cm³/mol. The van der Waals surface area contributed by atoms with Crippen LogP contribution in [0, 0.1) is 0 Å². The summed E-state index contributed by atoms with van der Waals surface area (Å²) in [6, 6.07) is 61.6. The van der Waals surface area contributed by atoms with Crippen molar-refractivity contribution in [1.29, 1.82) is 0 Å². The van der Waals surface area contributed by atoms with Gasteiger partial charge in [-0.05, 0) is 99.1 Å². The lowest BCUT2D eigenvalue weighted by molar-refractivity contribution is 1.17. The van der Waals surface area contributed by atoms with Crippen LogP contribution in [0.1, 0.15) is 0 Å². The highest BCUT2D eigenvalue weighted by atomic mass is 14.9. The molecule has 2 aromatic heterocycles. The normalized spacial score (nSPS) is 10.9. The van der Waals surface area contributed by atoms with Gasteiger partial charge in [0, 0.05) is 29.1 Å². The SMILES string of the molecule is c1ccc(-c2cc(-c3ccccc3)cc(-c3cc(-c4cc(-c5ccccc5)cc(-c5ccccc5)c4)nc(-c4cccnc4)n3)c2)cc1. The second kappa shape index (κ2) is 13.1. The van der Waals surface area contributed by atoms with Gasteiger partial charge < -0.3 is 0 Å². The van der Waals surface area contributed by atoms with Crippen LogP contribution in [0.15, 0.2) is 188 Å². The first-order valence-corrected chi connectivity index (χ1v) is 16.1. The summed E-state index contributed by atoms with van der Waals surface area (Å²) >= 11 is 0. The molecule has 8 rings (SSSR count). The van der Waals surface area contributed by atoms with Crippen molar-refractivity contribution in [2.75, 3.05) is 0 Å². The third-order valence-electron chi connectivity index (χ3n) is 8.53.